The minimum Gasteiger partial charge on any atom is -0.497 e. The number of rotatable bonds is 8. The molecular formula is C21H24N2O2. The van der Waals surface area contributed by atoms with Crippen molar-refractivity contribution in [2.45, 2.75) is 38.1 Å². The lowest BCUT2D eigenvalue weighted by Gasteiger charge is -2.10. The molecule has 0 N–H and O–H groups in total. The van der Waals surface area contributed by atoms with Crippen LogP contribution in [0.4, 0.5) is 0 Å². The molecule has 2 aromatic carbocycles. The average Bonchev–Trinajstić information content (AvgIpc) is 3.44. The highest BCUT2D eigenvalue weighted by Crippen LogP contribution is 2.40. The minimum atomic E-state index is 0.669. The summed E-state index contributed by atoms with van der Waals surface area (Å²) in [5.74, 6) is 3.69. The number of fused-ring (bicyclic) bond motifs is 1. The molecule has 1 aliphatic rings. The SMILES string of the molecule is COc1ccc(OCCCCn2c(C3CC3)nc3ccccc32)cc1. The highest BCUT2D eigenvalue weighted by Gasteiger charge is 2.29. The first kappa shape index (κ1) is 16.0. The third-order valence-electron chi connectivity index (χ3n) is 4.73. The van der Waals surface area contributed by atoms with Gasteiger partial charge in [0, 0.05) is 12.5 Å². The fourth-order valence-corrected chi connectivity index (χ4v) is 3.22. The maximum Gasteiger partial charge on any atom is 0.119 e. The van der Waals surface area contributed by atoms with E-state index in [0.29, 0.717) is 5.92 Å². The zero-order chi connectivity index (χ0) is 17.1. The van der Waals surface area contributed by atoms with Crippen molar-refractivity contribution in [3.63, 3.8) is 0 Å². The van der Waals surface area contributed by atoms with Gasteiger partial charge in [-0.05, 0) is 62.1 Å². The molecule has 0 unspecified atom stereocenters. The van der Waals surface area contributed by atoms with Gasteiger partial charge < -0.3 is 14.0 Å². The molecule has 4 heteroatoms. The lowest BCUT2D eigenvalue weighted by Crippen LogP contribution is -2.05. The van der Waals surface area contributed by atoms with Gasteiger partial charge in [-0.1, -0.05) is 12.1 Å². The molecule has 4 nitrogen and oxygen atoms in total. The molecule has 1 aliphatic carbocycles. The van der Waals surface area contributed by atoms with Crippen LogP contribution in [-0.2, 0) is 6.54 Å². The van der Waals surface area contributed by atoms with Crippen molar-refractivity contribution in [3.05, 3.63) is 54.4 Å². The van der Waals surface area contributed by atoms with Crippen LogP contribution in [0.1, 0.15) is 37.4 Å². The van der Waals surface area contributed by atoms with E-state index < -0.39 is 0 Å². The van der Waals surface area contributed by atoms with Crippen LogP contribution in [0.2, 0.25) is 0 Å². The Morgan fingerprint density at radius 3 is 2.52 bits per heavy atom. The van der Waals surface area contributed by atoms with E-state index in [9.17, 15) is 0 Å². The smallest absolute Gasteiger partial charge is 0.119 e. The fourth-order valence-electron chi connectivity index (χ4n) is 3.22. The largest absolute Gasteiger partial charge is 0.497 e. The number of nitrogens with zero attached hydrogens (tertiary/aromatic N) is 2. The van der Waals surface area contributed by atoms with E-state index in [0.717, 1.165) is 43.0 Å². The number of aromatic nitrogens is 2. The number of hydrogen-bond acceptors (Lipinski definition) is 3. The van der Waals surface area contributed by atoms with Gasteiger partial charge in [0.05, 0.1) is 24.8 Å². The third kappa shape index (κ3) is 3.63. The molecule has 1 heterocycles. The minimum absolute atomic E-state index is 0.669. The predicted octanol–water partition coefficient (Wildman–Crippen LogP) is 4.78. The normalized spacial score (nSPS) is 14.0. The van der Waals surface area contributed by atoms with Crippen LogP contribution in [0.25, 0.3) is 11.0 Å². The second-order valence-corrected chi connectivity index (χ2v) is 6.62. The molecule has 0 spiro atoms. The summed E-state index contributed by atoms with van der Waals surface area (Å²) in [6, 6.07) is 16.2. The summed E-state index contributed by atoms with van der Waals surface area (Å²) in [4.78, 5) is 4.86. The molecule has 1 fully saturated rings. The van der Waals surface area contributed by atoms with Crippen LogP contribution < -0.4 is 9.47 Å². The van der Waals surface area contributed by atoms with Gasteiger partial charge >= 0.3 is 0 Å². The van der Waals surface area contributed by atoms with Crippen molar-refractivity contribution in [2.24, 2.45) is 0 Å². The monoisotopic (exact) mass is 336 g/mol. The lowest BCUT2D eigenvalue weighted by molar-refractivity contribution is 0.302. The molecular weight excluding hydrogens is 312 g/mol. The van der Waals surface area contributed by atoms with E-state index in [1.165, 1.54) is 24.2 Å². The lowest BCUT2D eigenvalue weighted by atomic mass is 10.2. The Hall–Kier alpha value is -2.49. The van der Waals surface area contributed by atoms with E-state index >= 15 is 0 Å². The number of aryl methyl sites for hydroxylation is 1. The number of para-hydroxylation sites is 2. The number of benzene rings is 2. The highest BCUT2D eigenvalue weighted by atomic mass is 16.5. The Balaban J connectivity index is 1.32. The third-order valence-corrected chi connectivity index (χ3v) is 4.73. The second-order valence-electron chi connectivity index (χ2n) is 6.62. The molecule has 1 saturated carbocycles. The topological polar surface area (TPSA) is 36.3 Å². The molecule has 0 radical (unpaired) electrons. The second kappa shape index (κ2) is 7.18. The molecule has 130 valence electrons. The average molecular weight is 336 g/mol. The van der Waals surface area contributed by atoms with E-state index in [2.05, 4.69) is 28.8 Å². The fraction of sp³-hybridized carbons (Fsp3) is 0.381. The molecule has 1 aromatic heterocycles. The van der Waals surface area contributed by atoms with Crippen LogP contribution >= 0.6 is 0 Å². The predicted molar refractivity (Wildman–Crippen MR) is 99.4 cm³/mol. The summed E-state index contributed by atoms with van der Waals surface area (Å²) in [5.41, 5.74) is 2.39. The molecule has 0 bridgehead atoms. The zero-order valence-electron chi connectivity index (χ0n) is 14.6. The summed E-state index contributed by atoms with van der Waals surface area (Å²) in [6.45, 7) is 1.75. The summed E-state index contributed by atoms with van der Waals surface area (Å²) >= 11 is 0. The molecule has 4 rings (SSSR count). The quantitative estimate of drug-likeness (QED) is 0.555. The first-order valence-corrected chi connectivity index (χ1v) is 9.07. The van der Waals surface area contributed by atoms with Gasteiger partial charge in [-0.3, -0.25) is 0 Å². The van der Waals surface area contributed by atoms with Crippen LogP contribution in [0.3, 0.4) is 0 Å². The Labute approximate surface area is 148 Å². The van der Waals surface area contributed by atoms with Gasteiger partial charge in [0.1, 0.15) is 17.3 Å². The maximum absolute atomic E-state index is 5.82. The zero-order valence-corrected chi connectivity index (χ0v) is 14.6. The summed E-state index contributed by atoms with van der Waals surface area (Å²) < 4.78 is 13.4. The van der Waals surface area contributed by atoms with E-state index in [1.54, 1.807) is 7.11 Å². The van der Waals surface area contributed by atoms with Crippen molar-refractivity contribution in [3.8, 4) is 11.5 Å². The Morgan fingerprint density at radius 2 is 1.76 bits per heavy atom. The molecule has 25 heavy (non-hydrogen) atoms. The number of hydrogen-bond donors (Lipinski definition) is 0. The molecule has 0 amide bonds. The highest BCUT2D eigenvalue weighted by molar-refractivity contribution is 5.76. The number of imidazole rings is 1. The summed E-state index contributed by atoms with van der Waals surface area (Å²) in [7, 11) is 1.67. The summed E-state index contributed by atoms with van der Waals surface area (Å²) in [5, 5.41) is 0. The first-order valence-electron chi connectivity index (χ1n) is 9.07. The van der Waals surface area contributed by atoms with E-state index in [1.807, 2.05) is 24.3 Å². The van der Waals surface area contributed by atoms with Crippen LogP contribution in [0, 0.1) is 0 Å². The molecule has 0 atom stereocenters. The van der Waals surface area contributed by atoms with Gasteiger partial charge in [0.25, 0.3) is 0 Å². The number of unbranched alkanes of at least 4 members (excludes halogenated alkanes) is 1. The van der Waals surface area contributed by atoms with Crippen LogP contribution in [0.15, 0.2) is 48.5 Å². The maximum atomic E-state index is 5.82. The standard InChI is InChI=1S/C21H24N2O2/c1-24-17-10-12-18(13-11-17)25-15-5-4-14-23-20-7-3-2-6-19(20)22-21(23)16-8-9-16/h2-3,6-7,10-13,16H,4-5,8-9,14-15H2,1H3. The molecule has 0 saturated heterocycles. The van der Waals surface area contributed by atoms with Gasteiger partial charge in [0.15, 0.2) is 0 Å². The Bertz CT molecular complexity index is 835. The van der Waals surface area contributed by atoms with Gasteiger partial charge in [0.2, 0.25) is 0 Å². The van der Waals surface area contributed by atoms with Crippen molar-refractivity contribution in [2.75, 3.05) is 13.7 Å². The Kier molecular flexibility index (Phi) is 4.59. The van der Waals surface area contributed by atoms with Gasteiger partial charge in [-0.25, -0.2) is 4.98 Å². The van der Waals surface area contributed by atoms with E-state index in [-0.39, 0.29) is 0 Å². The van der Waals surface area contributed by atoms with Crippen molar-refractivity contribution < 1.29 is 9.47 Å². The van der Waals surface area contributed by atoms with Crippen LogP contribution in [-0.4, -0.2) is 23.3 Å². The summed E-state index contributed by atoms with van der Waals surface area (Å²) in [6.07, 6.45) is 4.69. The molecule has 0 aliphatic heterocycles. The number of ether oxygens (including phenoxy) is 2. The molecule has 3 aromatic rings. The number of methoxy groups -OCH3 is 1. The Morgan fingerprint density at radius 1 is 1.00 bits per heavy atom. The first-order chi connectivity index (χ1) is 12.3. The van der Waals surface area contributed by atoms with Crippen molar-refractivity contribution in [1.82, 2.24) is 9.55 Å². The van der Waals surface area contributed by atoms with Gasteiger partial charge in [-0.2, -0.15) is 0 Å². The van der Waals surface area contributed by atoms with E-state index in [4.69, 9.17) is 14.5 Å². The van der Waals surface area contributed by atoms with Gasteiger partial charge in [-0.15, -0.1) is 0 Å². The van der Waals surface area contributed by atoms with Crippen molar-refractivity contribution >= 4 is 11.0 Å². The van der Waals surface area contributed by atoms with Crippen molar-refractivity contribution in [1.29, 1.82) is 0 Å². The van der Waals surface area contributed by atoms with Crippen LogP contribution in [0.5, 0.6) is 11.5 Å².